The van der Waals surface area contributed by atoms with Gasteiger partial charge in [-0.1, -0.05) is 48.0 Å². The highest BCUT2D eigenvalue weighted by Crippen LogP contribution is 2.44. The summed E-state index contributed by atoms with van der Waals surface area (Å²) < 4.78 is 35.0. The summed E-state index contributed by atoms with van der Waals surface area (Å²) in [5, 5.41) is 0.716. The smallest absolute Gasteiger partial charge is 0.338 e. The first-order chi connectivity index (χ1) is 17.4. The number of fused-ring (bicyclic) bond motifs is 1. The van der Waals surface area contributed by atoms with Crippen LogP contribution >= 0.6 is 11.6 Å². The van der Waals surface area contributed by atoms with E-state index in [1.807, 2.05) is 0 Å². The van der Waals surface area contributed by atoms with Gasteiger partial charge in [0.25, 0.3) is 0 Å². The summed E-state index contributed by atoms with van der Waals surface area (Å²) >= 11 is 6.16. The second kappa shape index (κ2) is 9.67. The summed E-state index contributed by atoms with van der Waals surface area (Å²) in [7, 11) is 0. The number of nitrogens with zero attached hydrogens (tertiary/aromatic N) is 3. The number of esters is 2. The highest BCUT2D eigenvalue weighted by atomic mass is 35.5. The summed E-state index contributed by atoms with van der Waals surface area (Å²) in [5.41, 5.74) is -1.30. The van der Waals surface area contributed by atoms with Crippen LogP contribution in [-0.4, -0.2) is 51.0 Å². The third-order valence-electron chi connectivity index (χ3n) is 6.03. The van der Waals surface area contributed by atoms with Crippen LogP contribution in [-0.2, 0) is 14.2 Å². The van der Waals surface area contributed by atoms with Crippen LogP contribution in [0.2, 0.25) is 5.15 Å². The van der Waals surface area contributed by atoms with E-state index in [9.17, 15) is 9.59 Å². The summed E-state index contributed by atoms with van der Waals surface area (Å²) in [6, 6.07) is 18.2. The lowest BCUT2D eigenvalue weighted by molar-refractivity contribution is -0.0609. The lowest BCUT2D eigenvalue weighted by Gasteiger charge is -2.28. The van der Waals surface area contributed by atoms with Crippen LogP contribution in [0, 0.1) is 0 Å². The van der Waals surface area contributed by atoms with E-state index in [0.717, 1.165) is 0 Å². The van der Waals surface area contributed by atoms with Crippen LogP contribution in [0.25, 0.3) is 11.0 Å². The zero-order valence-electron chi connectivity index (χ0n) is 19.1. The fraction of sp³-hybridized carbons (Fsp3) is 0.231. The molecule has 0 spiro atoms. The molecule has 2 aromatic heterocycles. The number of rotatable bonds is 6. The van der Waals surface area contributed by atoms with Crippen LogP contribution in [0.15, 0.2) is 79.3 Å². The van der Waals surface area contributed by atoms with Crippen molar-refractivity contribution < 1.29 is 28.2 Å². The Bertz CT molecular complexity index is 1400. The first kappa shape index (κ1) is 23.9. The Hall–Kier alpha value is -3.82. The maximum Gasteiger partial charge on any atom is 0.338 e. The van der Waals surface area contributed by atoms with Gasteiger partial charge in [0.15, 0.2) is 18.0 Å². The Morgan fingerprint density at radius 3 is 2.33 bits per heavy atom. The van der Waals surface area contributed by atoms with Crippen molar-refractivity contribution in [3.63, 3.8) is 0 Å². The van der Waals surface area contributed by atoms with E-state index in [0.29, 0.717) is 16.6 Å². The third kappa shape index (κ3) is 4.43. The topological polar surface area (TPSA) is 92.5 Å². The van der Waals surface area contributed by atoms with Crippen LogP contribution in [0.5, 0.6) is 0 Å². The van der Waals surface area contributed by atoms with E-state index in [1.54, 1.807) is 72.9 Å². The van der Waals surface area contributed by atoms with E-state index >= 15 is 4.39 Å². The molecule has 0 N–H and O–H groups in total. The highest BCUT2D eigenvalue weighted by molar-refractivity contribution is 6.33. The van der Waals surface area contributed by atoms with Crippen LogP contribution < -0.4 is 0 Å². The van der Waals surface area contributed by atoms with Crippen LogP contribution in [0.1, 0.15) is 33.9 Å². The minimum absolute atomic E-state index is 0.206. The predicted octanol–water partition coefficient (Wildman–Crippen LogP) is 4.79. The Labute approximate surface area is 210 Å². The minimum atomic E-state index is -2.22. The number of carbonyl (C=O) groups excluding carboxylic acids is 2. The molecule has 1 saturated heterocycles. The lowest BCUT2D eigenvalue weighted by atomic mass is 9.98. The molecule has 5 rings (SSSR count). The zero-order valence-corrected chi connectivity index (χ0v) is 19.8. The van der Waals surface area contributed by atoms with Gasteiger partial charge in [0, 0.05) is 6.20 Å². The van der Waals surface area contributed by atoms with E-state index in [1.165, 1.54) is 17.8 Å². The van der Waals surface area contributed by atoms with Gasteiger partial charge in [-0.15, -0.1) is 0 Å². The largest absolute Gasteiger partial charge is 0.459 e. The number of carbonyl (C=O) groups is 2. The van der Waals surface area contributed by atoms with Gasteiger partial charge in [0.2, 0.25) is 0 Å². The standard InChI is InChI=1S/C26H21ClFN3O5/c1-26(28)20(36-24(33)17-10-6-3-7-11-17)19(14-34-23(32)16-8-4-2-5-9-16)35-25(26)31-13-12-18-21(27)29-15-30-22(18)31/h2-13,15,19-20,25H,14H2,1H3/t19-,20-,25-,26-/m1/s1. The maximum atomic E-state index is 16.5. The Morgan fingerprint density at radius 2 is 1.67 bits per heavy atom. The molecule has 2 aromatic carbocycles. The van der Waals surface area contributed by atoms with Crippen LogP contribution in [0.4, 0.5) is 4.39 Å². The van der Waals surface area contributed by atoms with Gasteiger partial charge in [-0.2, -0.15) is 0 Å². The van der Waals surface area contributed by atoms with Crippen molar-refractivity contribution in [2.75, 3.05) is 6.61 Å². The van der Waals surface area contributed by atoms with Crippen molar-refractivity contribution in [2.45, 2.75) is 31.0 Å². The van der Waals surface area contributed by atoms with Gasteiger partial charge in [-0.05, 0) is 37.3 Å². The van der Waals surface area contributed by atoms with E-state index in [4.69, 9.17) is 25.8 Å². The number of hydrogen-bond donors (Lipinski definition) is 0. The molecule has 0 saturated carbocycles. The van der Waals surface area contributed by atoms with Gasteiger partial charge in [0.1, 0.15) is 29.8 Å². The molecule has 4 aromatic rings. The molecule has 0 radical (unpaired) electrons. The van der Waals surface area contributed by atoms with Crippen molar-refractivity contribution >= 4 is 34.6 Å². The normalized spacial score (nSPS) is 23.5. The monoisotopic (exact) mass is 509 g/mol. The molecule has 0 aliphatic carbocycles. The number of hydrogen-bond acceptors (Lipinski definition) is 7. The van der Waals surface area contributed by atoms with Crippen molar-refractivity contribution in [3.8, 4) is 0 Å². The van der Waals surface area contributed by atoms with Crippen LogP contribution in [0.3, 0.4) is 0 Å². The molecule has 3 heterocycles. The van der Waals surface area contributed by atoms with Gasteiger partial charge in [-0.3, -0.25) is 0 Å². The predicted molar refractivity (Wildman–Crippen MR) is 128 cm³/mol. The number of ether oxygens (including phenoxy) is 3. The molecular formula is C26H21ClFN3O5. The molecule has 184 valence electrons. The molecule has 1 aliphatic heterocycles. The molecule has 10 heteroatoms. The summed E-state index contributed by atoms with van der Waals surface area (Å²) in [6.45, 7) is 0.930. The molecule has 1 fully saturated rings. The molecule has 0 bridgehead atoms. The molecule has 0 amide bonds. The average Bonchev–Trinajstić information content (AvgIpc) is 3.42. The fourth-order valence-corrected chi connectivity index (χ4v) is 4.42. The van der Waals surface area contributed by atoms with E-state index < -0.39 is 36.0 Å². The van der Waals surface area contributed by atoms with Gasteiger partial charge in [0.05, 0.1) is 16.5 Å². The number of benzene rings is 2. The van der Waals surface area contributed by atoms with Crippen molar-refractivity contribution in [2.24, 2.45) is 0 Å². The van der Waals surface area contributed by atoms with Gasteiger partial charge >= 0.3 is 11.9 Å². The van der Waals surface area contributed by atoms with Gasteiger partial charge in [-0.25, -0.2) is 23.9 Å². The average molecular weight is 510 g/mol. The SMILES string of the molecule is C[C@@]1(F)[C@H](OC(=O)c2ccccc2)[C@@H](COC(=O)c2ccccc2)O[C@H]1n1ccc2c(Cl)ncnc21. The Balaban J connectivity index is 1.45. The fourth-order valence-electron chi connectivity index (χ4n) is 4.23. The molecule has 8 nitrogen and oxygen atoms in total. The van der Waals surface area contributed by atoms with E-state index in [2.05, 4.69) is 9.97 Å². The first-order valence-electron chi connectivity index (χ1n) is 11.2. The first-order valence-corrected chi connectivity index (χ1v) is 11.5. The number of halogens is 2. The molecular weight excluding hydrogens is 489 g/mol. The number of alkyl halides is 1. The third-order valence-corrected chi connectivity index (χ3v) is 6.33. The number of aromatic nitrogens is 3. The minimum Gasteiger partial charge on any atom is -0.459 e. The summed E-state index contributed by atoms with van der Waals surface area (Å²) in [6.07, 6.45) is -0.913. The Morgan fingerprint density at radius 1 is 1.03 bits per heavy atom. The lowest BCUT2D eigenvalue weighted by Crippen LogP contribution is -2.44. The second-order valence-corrected chi connectivity index (χ2v) is 8.82. The van der Waals surface area contributed by atoms with Crippen molar-refractivity contribution in [1.29, 1.82) is 0 Å². The highest BCUT2D eigenvalue weighted by Gasteiger charge is 2.58. The summed E-state index contributed by atoms with van der Waals surface area (Å²) in [5.74, 6) is -1.34. The molecule has 1 aliphatic rings. The summed E-state index contributed by atoms with van der Waals surface area (Å²) in [4.78, 5) is 33.5. The molecule has 4 atom stereocenters. The van der Waals surface area contributed by atoms with Crippen molar-refractivity contribution in [1.82, 2.24) is 14.5 Å². The van der Waals surface area contributed by atoms with E-state index in [-0.39, 0.29) is 17.3 Å². The molecule has 36 heavy (non-hydrogen) atoms. The maximum absolute atomic E-state index is 16.5. The van der Waals surface area contributed by atoms with Gasteiger partial charge < -0.3 is 18.8 Å². The zero-order chi connectivity index (χ0) is 25.3. The quantitative estimate of drug-likeness (QED) is 0.272. The van der Waals surface area contributed by atoms with Crippen molar-refractivity contribution in [3.05, 3.63) is 95.5 Å². The Kier molecular flexibility index (Phi) is 6.42. The molecule has 0 unspecified atom stereocenters. The second-order valence-electron chi connectivity index (χ2n) is 8.46.